The highest BCUT2D eigenvalue weighted by molar-refractivity contribution is 5.93. The van der Waals surface area contributed by atoms with Crippen LogP contribution in [-0.2, 0) is 9.53 Å². The van der Waals surface area contributed by atoms with Crippen LogP contribution in [0.4, 0.5) is 5.82 Å². The standard InChI is InChI=1S/C19H26N4O3/c20-17(24)14-2-7-21-16(12-14)22-9-6-19(13-22)5-1-8-23(18(19)25)15-3-10-26-11-4-15/h2,7,12,15H,1,3-6,8-11,13H2,(H2,20,24)/t19-/m1/s1. The molecule has 2 N–H and O–H groups in total. The van der Waals surface area contributed by atoms with Crippen LogP contribution in [0.25, 0.3) is 0 Å². The van der Waals surface area contributed by atoms with E-state index in [0.29, 0.717) is 24.1 Å². The quantitative estimate of drug-likeness (QED) is 0.876. The van der Waals surface area contributed by atoms with E-state index < -0.39 is 5.91 Å². The van der Waals surface area contributed by atoms with Crippen LogP contribution in [0, 0.1) is 5.41 Å². The first-order valence-corrected chi connectivity index (χ1v) is 9.49. The van der Waals surface area contributed by atoms with Gasteiger partial charge in [0.1, 0.15) is 5.82 Å². The fraction of sp³-hybridized carbons (Fsp3) is 0.632. The van der Waals surface area contributed by atoms with Gasteiger partial charge in [-0.15, -0.1) is 0 Å². The van der Waals surface area contributed by atoms with Crippen LogP contribution >= 0.6 is 0 Å². The fourth-order valence-corrected chi connectivity index (χ4v) is 4.64. The number of nitrogens with two attached hydrogens (primary N) is 1. The lowest BCUT2D eigenvalue weighted by Crippen LogP contribution is -2.54. The lowest BCUT2D eigenvalue weighted by Gasteiger charge is -2.44. The molecule has 0 bridgehead atoms. The number of piperidine rings is 1. The molecule has 0 unspecified atom stereocenters. The molecule has 0 aromatic carbocycles. The third-order valence-electron chi connectivity index (χ3n) is 6.11. The van der Waals surface area contributed by atoms with Crippen LogP contribution in [0.15, 0.2) is 18.3 Å². The van der Waals surface area contributed by atoms with Crippen molar-refractivity contribution in [2.45, 2.75) is 38.1 Å². The summed E-state index contributed by atoms with van der Waals surface area (Å²) in [5.74, 6) is 0.570. The Labute approximate surface area is 153 Å². The van der Waals surface area contributed by atoms with E-state index in [4.69, 9.17) is 10.5 Å². The minimum Gasteiger partial charge on any atom is -0.381 e. The monoisotopic (exact) mass is 358 g/mol. The first-order chi connectivity index (χ1) is 12.6. The van der Waals surface area contributed by atoms with E-state index in [2.05, 4.69) is 14.8 Å². The van der Waals surface area contributed by atoms with Crippen LogP contribution in [-0.4, -0.2) is 60.6 Å². The van der Waals surface area contributed by atoms with Gasteiger partial charge in [0.15, 0.2) is 0 Å². The Kier molecular flexibility index (Phi) is 4.56. The summed E-state index contributed by atoms with van der Waals surface area (Å²) in [4.78, 5) is 33.4. The first kappa shape index (κ1) is 17.3. The number of carbonyl (C=O) groups excluding carboxylic acids is 2. The van der Waals surface area contributed by atoms with Crippen molar-refractivity contribution in [2.24, 2.45) is 11.1 Å². The summed E-state index contributed by atoms with van der Waals surface area (Å²) in [5.41, 5.74) is 5.52. The molecule has 3 aliphatic heterocycles. The first-order valence-electron chi connectivity index (χ1n) is 9.49. The Morgan fingerprint density at radius 3 is 2.85 bits per heavy atom. The maximum absolute atomic E-state index is 13.4. The summed E-state index contributed by atoms with van der Waals surface area (Å²) in [7, 11) is 0. The minimum atomic E-state index is -0.456. The van der Waals surface area contributed by atoms with Crippen molar-refractivity contribution in [2.75, 3.05) is 37.7 Å². The van der Waals surface area contributed by atoms with Crippen LogP contribution in [0.3, 0.4) is 0 Å². The summed E-state index contributed by atoms with van der Waals surface area (Å²) in [6, 6.07) is 3.67. The molecule has 1 aromatic rings. The van der Waals surface area contributed by atoms with Crippen molar-refractivity contribution >= 4 is 17.6 Å². The second-order valence-corrected chi connectivity index (χ2v) is 7.66. The molecular formula is C19H26N4O3. The number of likely N-dealkylation sites (tertiary alicyclic amines) is 1. The number of primary amides is 1. The Hall–Kier alpha value is -2.15. The van der Waals surface area contributed by atoms with Crippen molar-refractivity contribution in [3.63, 3.8) is 0 Å². The molecule has 26 heavy (non-hydrogen) atoms. The zero-order chi connectivity index (χ0) is 18.1. The molecule has 0 aliphatic carbocycles. The highest BCUT2D eigenvalue weighted by Gasteiger charge is 2.50. The molecule has 1 aromatic heterocycles. The van der Waals surface area contributed by atoms with Gasteiger partial charge in [-0.3, -0.25) is 9.59 Å². The molecule has 1 atom stereocenters. The molecular weight excluding hydrogens is 332 g/mol. The molecule has 140 valence electrons. The molecule has 3 saturated heterocycles. The summed E-state index contributed by atoms with van der Waals surface area (Å²) < 4.78 is 5.46. The largest absolute Gasteiger partial charge is 0.381 e. The average Bonchev–Trinajstić information content (AvgIpc) is 3.10. The third kappa shape index (κ3) is 3.05. The van der Waals surface area contributed by atoms with E-state index in [-0.39, 0.29) is 5.41 Å². The van der Waals surface area contributed by atoms with Crippen molar-refractivity contribution in [1.82, 2.24) is 9.88 Å². The molecule has 0 saturated carbocycles. The van der Waals surface area contributed by atoms with Crippen LogP contribution in [0.5, 0.6) is 0 Å². The summed E-state index contributed by atoms with van der Waals surface area (Å²) >= 11 is 0. The van der Waals surface area contributed by atoms with Gasteiger partial charge in [-0.25, -0.2) is 4.98 Å². The van der Waals surface area contributed by atoms with Gasteiger partial charge in [0, 0.05) is 50.7 Å². The third-order valence-corrected chi connectivity index (χ3v) is 6.11. The topological polar surface area (TPSA) is 88.8 Å². The van der Waals surface area contributed by atoms with Crippen molar-refractivity contribution < 1.29 is 14.3 Å². The highest BCUT2D eigenvalue weighted by Crippen LogP contribution is 2.42. The van der Waals surface area contributed by atoms with Crippen molar-refractivity contribution in [3.8, 4) is 0 Å². The number of pyridine rings is 1. The Morgan fingerprint density at radius 1 is 1.27 bits per heavy atom. The van der Waals surface area contributed by atoms with E-state index in [9.17, 15) is 9.59 Å². The van der Waals surface area contributed by atoms with Crippen molar-refractivity contribution in [1.29, 1.82) is 0 Å². The zero-order valence-corrected chi connectivity index (χ0v) is 15.0. The van der Waals surface area contributed by atoms with Crippen molar-refractivity contribution in [3.05, 3.63) is 23.9 Å². The van der Waals surface area contributed by atoms with Gasteiger partial charge in [0.05, 0.1) is 5.41 Å². The van der Waals surface area contributed by atoms with Crippen LogP contribution in [0.1, 0.15) is 42.5 Å². The number of nitrogens with zero attached hydrogens (tertiary/aromatic N) is 3. The fourth-order valence-electron chi connectivity index (χ4n) is 4.64. The SMILES string of the molecule is NC(=O)c1ccnc(N2CC[C@]3(CCCN(C4CCOCC4)C3=O)C2)c1. The number of amides is 2. The number of hydrogen-bond donors (Lipinski definition) is 1. The molecule has 7 nitrogen and oxygen atoms in total. The zero-order valence-electron chi connectivity index (χ0n) is 15.0. The second kappa shape index (κ2) is 6.87. The lowest BCUT2D eigenvalue weighted by atomic mass is 9.77. The molecule has 3 fully saturated rings. The molecule has 3 aliphatic rings. The Morgan fingerprint density at radius 2 is 2.08 bits per heavy atom. The molecule has 2 amide bonds. The van der Waals surface area contributed by atoms with Gasteiger partial charge in [-0.05, 0) is 44.2 Å². The van der Waals surface area contributed by atoms with Gasteiger partial charge in [-0.1, -0.05) is 0 Å². The maximum Gasteiger partial charge on any atom is 0.248 e. The van der Waals surface area contributed by atoms with E-state index in [0.717, 1.165) is 64.2 Å². The van der Waals surface area contributed by atoms with E-state index in [1.165, 1.54) is 0 Å². The number of aromatic nitrogens is 1. The minimum absolute atomic E-state index is 0.296. The van der Waals surface area contributed by atoms with Gasteiger partial charge in [0.2, 0.25) is 11.8 Å². The van der Waals surface area contributed by atoms with Crippen LogP contribution < -0.4 is 10.6 Å². The van der Waals surface area contributed by atoms with E-state index in [1.807, 2.05) is 0 Å². The number of rotatable bonds is 3. The second-order valence-electron chi connectivity index (χ2n) is 7.66. The number of ether oxygens (including phenoxy) is 1. The summed E-state index contributed by atoms with van der Waals surface area (Å²) in [6.07, 6.45) is 6.30. The molecule has 1 spiro atoms. The highest BCUT2D eigenvalue weighted by atomic mass is 16.5. The van der Waals surface area contributed by atoms with Crippen LogP contribution in [0.2, 0.25) is 0 Å². The van der Waals surface area contributed by atoms with Gasteiger partial charge >= 0.3 is 0 Å². The van der Waals surface area contributed by atoms with Gasteiger partial charge < -0.3 is 20.3 Å². The normalized spacial score (nSPS) is 27.3. The summed E-state index contributed by atoms with van der Waals surface area (Å²) in [6.45, 7) is 3.80. The van der Waals surface area contributed by atoms with E-state index in [1.54, 1.807) is 18.3 Å². The predicted molar refractivity (Wildman–Crippen MR) is 96.8 cm³/mol. The predicted octanol–water partition coefficient (Wildman–Crippen LogP) is 1.18. The Bertz CT molecular complexity index is 704. The lowest BCUT2D eigenvalue weighted by molar-refractivity contribution is -0.149. The maximum atomic E-state index is 13.4. The Balaban J connectivity index is 1.51. The average molecular weight is 358 g/mol. The smallest absolute Gasteiger partial charge is 0.248 e. The number of hydrogen-bond acceptors (Lipinski definition) is 5. The van der Waals surface area contributed by atoms with E-state index >= 15 is 0 Å². The van der Waals surface area contributed by atoms with Gasteiger partial charge in [0.25, 0.3) is 0 Å². The molecule has 4 heterocycles. The summed E-state index contributed by atoms with van der Waals surface area (Å²) in [5, 5.41) is 0. The number of anilines is 1. The molecule has 0 radical (unpaired) electrons. The molecule has 7 heteroatoms. The molecule has 4 rings (SSSR count). The number of carbonyl (C=O) groups is 2. The van der Waals surface area contributed by atoms with Gasteiger partial charge in [-0.2, -0.15) is 0 Å².